The topological polar surface area (TPSA) is 47.6 Å². The van der Waals surface area contributed by atoms with Gasteiger partial charge in [0.25, 0.3) is 0 Å². The van der Waals surface area contributed by atoms with Crippen LogP contribution in [0.1, 0.15) is 25.5 Å². The Kier molecular flexibility index (Phi) is 4.63. The number of hydrogen-bond donors (Lipinski definition) is 1. The second-order valence-corrected chi connectivity index (χ2v) is 5.00. The Bertz CT molecular complexity index is 479. The number of nitrogens with one attached hydrogen (secondary N) is 1. The third kappa shape index (κ3) is 2.92. The van der Waals surface area contributed by atoms with Crippen LogP contribution in [0.5, 0.6) is 5.75 Å². The third-order valence-corrected chi connectivity index (χ3v) is 3.13. The first-order chi connectivity index (χ1) is 8.45. The number of carbonyl (C=O) groups excluding carboxylic acids is 1. The van der Waals surface area contributed by atoms with Crippen molar-refractivity contribution in [2.75, 3.05) is 13.7 Å². The fourth-order valence-electron chi connectivity index (χ4n) is 2.16. The summed E-state index contributed by atoms with van der Waals surface area (Å²) in [5, 5.41) is 2.72. The summed E-state index contributed by atoms with van der Waals surface area (Å²) in [6.07, 6.45) is -0.495. The number of hydrogen-bond acceptors (Lipinski definition) is 3. The molecule has 0 radical (unpaired) electrons. The highest BCUT2D eigenvalue weighted by Crippen LogP contribution is 2.40. The molecule has 1 amide bonds. The van der Waals surface area contributed by atoms with Gasteiger partial charge < -0.3 is 14.8 Å². The van der Waals surface area contributed by atoms with E-state index < -0.39 is 11.9 Å². The fraction of sp³-hybridized carbons (Fsp3) is 0.462. The Morgan fingerprint density at radius 2 is 2.16 bits per heavy atom. The van der Waals surface area contributed by atoms with Gasteiger partial charge in [0.15, 0.2) is 11.6 Å². The second kappa shape index (κ2) is 5.65. The first-order valence-electron chi connectivity index (χ1n) is 5.71. The van der Waals surface area contributed by atoms with Crippen LogP contribution >= 0.6 is 12.4 Å². The number of cyclic esters (lactones) is 1. The molecule has 1 saturated heterocycles. The van der Waals surface area contributed by atoms with E-state index in [2.05, 4.69) is 5.32 Å². The number of alkyl carbamates (subject to hydrolysis) is 1. The van der Waals surface area contributed by atoms with Crippen LogP contribution in [0.25, 0.3) is 0 Å². The number of benzene rings is 1. The Balaban J connectivity index is 0.00000180. The molecule has 1 fully saturated rings. The Hall–Kier alpha value is -1.49. The van der Waals surface area contributed by atoms with Crippen LogP contribution in [0.2, 0.25) is 0 Å². The van der Waals surface area contributed by atoms with Crippen LogP contribution in [-0.2, 0) is 4.74 Å². The number of para-hydroxylation sites is 1. The zero-order chi connectivity index (χ0) is 13.3. The molecule has 4 nitrogen and oxygen atoms in total. The van der Waals surface area contributed by atoms with Crippen LogP contribution in [-0.4, -0.2) is 19.8 Å². The molecule has 1 aromatic rings. The fourth-order valence-corrected chi connectivity index (χ4v) is 2.16. The minimum atomic E-state index is -0.495. The summed E-state index contributed by atoms with van der Waals surface area (Å²) in [6.45, 7) is 4.17. The van der Waals surface area contributed by atoms with E-state index in [0.29, 0.717) is 5.56 Å². The van der Waals surface area contributed by atoms with Crippen LogP contribution in [0.4, 0.5) is 9.18 Å². The maximum absolute atomic E-state index is 13.7. The molecule has 1 N–H and O–H groups in total. The molecule has 1 aromatic carbocycles. The van der Waals surface area contributed by atoms with Gasteiger partial charge in [0.2, 0.25) is 0 Å². The quantitative estimate of drug-likeness (QED) is 0.910. The summed E-state index contributed by atoms with van der Waals surface area (Å²) in [5.41, 5.74) is 0.286. The van der Waals surface area contributed by atoms with E-state index in [1.807, 2.05) is 13.8 Å². The SMILES string of the molecule is COc1c(F)cccc1[C@@H]1NC(=O)OCC1(C)C.Cl. The summed E-state index contributed by atoms with van der Waals surface area (Å²) in [7, 11) is 1.41. The smallest absolute Gasteiger partial charge is 0.407 e. The van der Waals surface area contributed by atoms with Crippen LogP contribution in [0.15, 0.2) is 18.2 Å². The molecule has 0 bridgehead atoms. The molecule has 19 heavy (non-hydrogen) atoms. The molecule has 0 aliphatic carbocycles. The number of halogens is 2. The molecule has 0 spiro atoms. The molecular weight excluding hydrogens is 273 g/mol. The van der Waals surface area contributed by atoms with E-state index >= 15 is 0 Å². The second-order valence-electron chi connectivity index (χ2n) is 5.00. The zero-order valence-corrected chi connectivity index (χ0v) is 11.8. The Morgan fingerprint density at radius 1 is 1.47 bits per heavy atom. The van der Waals surface area contributed by atoms with Gasteiger partial charge in [-0.15, -0.1) is 12.4 Å². The normalized spacial score (nSPS) is 20.8. The minimum Gasteiger partial charge on any atom is -0.493 e. The maximum Gasteiger partial charge on any atom is 0.407 e. The molecule has 6 heteroatoms. The van der Waals surface area contributed by atoms with Crippen LogP contribution in [0.3, 0.4) is 0 Å². The van der Waals surface area contributed by atoms with Crippen molar-refractivity contribution in [2.45, 2.75) is 19.9 Å². The molecule has 1 aliphatic rings. The first kappa shape index (κ1) is 15.6. The van der Waals surface area contributed by atoms with Gasteiger partial charge in [-0.05, 0) is 6.07 Å². The van der Waals surface area contributed by atoms with Crippen LogP contribution < -0.4 is 10.1 Å². The maximum atomic E-state index is 13.7. The minimum absolute atomic E-state index is 0. The number of ether oxygens (including phenoxy) is 2. The van der Waals surface area contributed by atoms with Crippen LogP contribution in [0, 0.1) is 11.2 Å². The first-order valence-corrected chi connectivity index (χ1v) is 5.71. The zero-order valence-electron chi connectivity index (χ0n) is 11.0. The third-order valence-electron chi connectivity index (χ3n) is 3.13. The highest BCUT2D eigenvalue weighted by atomic mass is 35.5. The van der Waals surface area contributed by atoms with Crippen molar-refractivity contribution in [3.05, 3.63) is 29.6 Å². The van der Waals surface area contributed by atoms with Crippen molar-refractivity contribution >= 4 is 18.5 Å². The molecule has 1 heterocycles. The van der Waals surface area contributed by atoms with Crippen molar-refractivity contribution in [3.63, 3.8) is 0 Å². The lowest BCUT2D eigenvalue weighted by atomic mass is 9.80. The molecule has 0 saturated carbocycles. The van der Waals surface area contributed by atoms with Gasteiger partial charge in [-0.3, -0.25) is 0 Å². The van der Waals surface area contributed by atoms with Crippen molar-refractivity contribution in [1.29, 1.82) is 0 Å². The highest BCUT2D eigenvalue weighted by Gasteiger charge is 2.39. The molecule has 1 aliphatic heterocycles. The summed E-state index contributed by atoms with van der Waals surface area (Å²) in [5.74, 6) is -0.274. The predicted octanol–water partition coefficient (Wildman–Crippen LogP) is 3.06. The van der Waals surface area contributed by atoms with E-state index in [1.165, 1.54) is 13.2 Å². The molecule has 0 unspecified atom stereocenters. The van der Waals surface area contributed by atoms with Gasteiger partial charge in [0, 0.05) is 11.0 Å². The summed E-state index contributed by atoms with van der Waals surface area (Å²) < 4.78 is 23.7. The highest BCUT2D eigenvalue weighted by molar-refractivity contribution is 5.85. The molecule has 2 rings (SSSR count). The van der Waals surface area contributed by atoms with E-state index in [4.69, 9.17) is 9.47 Å². The number of rotatable bonds is 2. The van der Waals surface area contributed by atoms with E-state index in [1.54, 1.807) is 12.1 Å². The summed E-state index contributed by atoms with van der Waals surface area (Å²) >= 11 is 0. The average Bonchev–Trinajstić information content (AvgIpc) is 2.32. The predicted molar refractivity (Wildman–Crippen MR) is 71.2 cm³/mol. The van der Waals surface area contributed by atoms with Gasteiger partial charge in [-0.2, -0.15) is 0 Å². The van der Waals surface area contributed by atoms with Crippen molar-refractivity contribution in [3.8, 4) is 5.75 Å². The van der Waals surface area contributed by atoms with Gasteiger partial charge in [0.05, 0.1) is 13.2 Å². The lowest BCUT2D eigenvalue weighted by Gasteiger charge is -2.39. The van der Waals surface area contributed by atoms with E-state index in [-0.39, 0.29) is 36.2 Å². The largest absolute Gasteiger partial charge is 0.493 e. The standard InChI is InChI=1S/C13H16FNO3.ClH/c1-13(2)7-18-12(16)15-11(13)8-5-4-6-9(14)10(8)17-3;/h4-6,11H,7H2,1-3H3,(H,15,16);1H/t11-;/m0./s1. The Morgan fingerprint density at radius 3 is 2.79 bits per heavy atom. The molecule has 0 aromatic heterocycles. The van der Waals surface area contributed by atoms with Gasteiger partial charge in [-0.1, -0.05) is 26.0 Å². The lowest BCUT2D eigenvalue weighted by molar-refractivity contribution is 0.0379. The average molecular weight is 290 g/mol. The van der Waals surface area contributed by atoms with E-state index in [0.717, 1.165) is 0 Å². The van der Waals surface area contributed by atoms with Crippen molar-refractivity contribution < 1.29 is 18.7 Å². The number of methoxy groups -OCH3 is 1. The van der Waals surface area contributed by atoms with Gasteiger partial charge in [0.1, 0.15) is 6.61 Å². The molecular formula is C13H17ClFNO3. The summed E-state index contributed by atoms with van der Waals surface area (Å²) in [4.78, 5) is 11.4. The van der Waals surface area contributed by atoms with Crippen molar-refractivity contribution in [2.24, 2.45) is 5.41 Å². The number of carbonyl (C=O) groups is 1. The molecule has 106 valence electrons. The van der Waals surface area contributed by atoms with E-state index in [9.17, 15) is 9.18 Å². The molecule has 1 atom stereocenters. The van der Waals surface area contributed by atoms with Gasteiger partial charge in [-0.25, -0.2) is 9.18 Å². The summed E-state index contributed by atoms with van der Waals surface area (Å²) in [6, 6.07) is 4.34. The monoisotopic (exact) mass is 289 g/mol. The Labute approximate surface area is 117 Å². The van der Waals surface area contributed by atoms with Crippen molar-refractivity contribution in [1.82, 2.24) is 5.32 Å². The van der Waals surface area contributed by atoms with Gasteiger partial charge >= 0.3 is 6.09 Å². The lowest BCUT2D eigenvalue weighted by Crippen LogP contribution is -2.47. The number of amides is 1.